The summed E-state index contributed by atoms with van der Waals surface area (Å²) in [7, 11) is 4.61. The maximum Gasteiger partial charge on any atom is 0.162 e. The van der Waals surface area contributed by atoms with Crippen molar-refractivity contribution in [2.75, 3.05) is 3.97 Å². The molecular formula is C12H20ClNSSi. The van der Waals surface area contributed by atoms with E-state index in [2.05, 4.69) is 54.8 Å². The van der Waals surface area contributed by atoms with E-state index in [0.29, 0.717) is 0 Å². The van der Waals surface area contributed by atoms with Crippen molar-refractivity contribution in [3.63, 3.8) is 0 Å². The van der Waals surface area contributed by atoms with Crippen molar-refractivity contribution in [1.29, 1.82) is 0 Å². The van der Waals surface area contributed by atoms with Crippen molar-refractivity contribution in [2.45, 2.75) is 39.4 Å². The van der Waals surface area contributed by atoms with Gasteiger partial charge in [-0.3, -0.25) is 0 Å². The van der Waals surface area contributed by atoms with E-state index in [0.717, 1.165) is 6.42 Å². The maximum absolute atomic E-state index is 6.04. The van der Waals surface area contributed by atoms with Gasteiger partial charge >= 0.3 is 0 Å². The summed E-state index contributed by atoms with van der Waals surface area (Å²) in [6, 6.07) is 8.59. The second kappa shape index (κ2) is 5.99. The molecule has 16 heavy (non-hydrogen) atoms. The fourth-order valence-corrected chi connectivity index (χ4v) is 5.80. The van der Waals surface area contributed by atoms with Gasteiger partial charge in [-0.05, 0) is 28.7 Å². The predicted molar refractivity (Wildman–Crippen MR) is 79.7 cm³/mol. The van der Waals surface area contributed by atoms with Gasteiger partial charge in [0.1, 0.15) is 0 Å². The fraction of sp³-hybridized carbons (Fsp3) is 0.500. The maximum atomic E-state index is 6.04. The summed E-state index contributed by atoms with van der Waals surface area (Å²) >= 11 is 1.34. The highest BCUT2D eigenvalue weighted by atomic mass is 35.7. The Balaban J connectivity index is 3.09. The second-order valence-electron chi connectivity index (χ2n) is 4.91. The SMILES string of the molecule is CCCc1ccccc1N(SCl)[Si](C)(C)C. The number of halogens is 1. The number of hydrogen-bond donors (Lipinski definition) is 0. The predicted octanol–water partition coefficient (Wildman–Crippen LogP) is 5.08. The minimum atomic E-state index is -1.42. The minimum Gasteiger partial charge on any atom is -0.331 e. The summed E-state index contributed by atoms with van der Waals surface area (Å²) in [5, 5.41) is 0. The molecule has 0 atom stereocenters. The van der Waals surface area contributed by atoms with E-state index in [1.165, 1.54) is 28.8 Å². The smallest absolute Gasteiger partial charge is 0.162 e. The molecule has 0 aliphatic heterocycles. The number of aryl methyl sites for hydroxylation is 1. The lowest BCUT2D eigenvalue weighted by Gasteiger charge is -2.33. The van der Waals surface area contributed by atoms with Gasteiger partial charge in [0.25, 0.3) is 0 Å². The molecule has 90 valence electrons. The Morgan fingerprint density at radius 3 is 2.38 bits per heavy atom. The van der Waals surface area contributed by atoms with E-state index in [9.17, 15) is 0 Å². The average Bonchev–Trinajstić information content (AvgIpc) is 2.20. The molecule has 0 saturated heterocycles. The first kappa shape index (κ1) is 13.9. The summed E-state index contributed by atoms with van der Waals surface area (Å²) < 4.78 is 2.31. The summed E-state index contributed by atoms with van der Waals surface area (Å²) in [5.41, 5.74) is 2.70. The Labute approximate surface area is 109 Å². The summed E-state index contributed by atoms with van der Waals surface area (Å²) in [6.07, 6.45) is 2.29. The van der Waals surface area contributed by atoms with Gasteiger partial charge in [-0.25, -0.2) is 0 Å². The van der Waals surface area contributed by atoms with Crippen LogP contribution in [0.5, 0.6) is 0 Å². The van der Waals surface area contributed by atoms with Crippen LogP contribution < -0.4 is 3.97 Å². The number of anilines is 1. The molecule has 1 nitrogen and oxygen atoms in total. The number of nitrogens with zero attached hydrogens (tertiary/aromatic N) is 1. The third-order valence-corrected chi connectivity index (χ3v) is 6.88. The molecular weight excluding hydrogens is 254 g/mol. The molecule has 0 aromatic heterocycles. The average molecular weight is 274 g/mol. The molecule has 0 bridgehead atoms. The molecule has 0 fully saturated rings. The van der Waals surface area contributed by atoms with Crippen LogP contribution in [0.25, 0.3) is 0 Å². The lowest BCUT2D eigenvalue weighted by molar-refractivity contribution is 0.922. The molecule has 0 saturated carbocycles. The molecule has 0 unspecified atom stereocenters. The van der Waals surface area contributed by atoms with Crippen molar-refractivity contribution in [3.05, 3.63) is 29.8 Å². The topological polar surface area (TPSA) is 3.24 Å². The first-order valence-corrected chi connectivity index (χ1v) is 10.7. The molecule has 0 N–H and O–H groups in total. The molecule has 1 aromatic rings. The normalized spacial score (nSPS) is 11.6. The molecule has 0 amide bonds. The number of rotatable bonds is 5. The van der Waals surface area contributed by atoms with E-state index < -0.39 is 8.24 Å². The van der Waals surface area contributed by atoms with Crippen LogP contribution in [-0.4, -0.2) is 8.24 Å². The van der Waals surface area contributed by atoms with Crippen LogP contribution in [0.1, 0.15) is 18.9 Å². The highest BCUT2D eigenvalue weighted by Crippen LogP contribution is 2.34. The zero-order valence-corrected chi connectivity index (χ0v) is 13.0. The Morgan fingerprint density at radius 1 is 1.25 bits per heavy atom. The van der Waals surface area contributed by atoms with Gasteiger partial charge < -0.3 is 3.97 Å². The Morgan fingerprint density at radius 2 is 1.88 bits per heavy atom. The largest absolute Gasteiger partial charge is 0.331 e. The zero-order valence-electron chi connectivity index (χ0n) is 10.5. The van der Waals surface area contributed by atoms with Crippen LogP contribution in [0.2, 0.25) is 19.6 Å². The zero-order chi connectivity index (χ0) is 12.2. The van der Waals surface area contributed by atoms with Crippen LogP contribution in [-0.2, 0) is 6.42 Å². The number of benzene rings is 1. The lowest BCUT2D eigenvalue weighted by Crippen LogP contribution is -2.41. The molecule has 0 aliphatic carbocycles. The third-order valence-electron chi connectivity index (χ3n) is 2.41. The van der Waals surface area contributed by atoms with Crippen LogP contribution in [0, 0.1) is 0 Å². The molecule has 0 heterocycles. The van der Waals surface area contributed by atoms with Crippen molar-refractivity contribution >= 4 is 35.8 Å². The first-order chi connectivity index (χ1) is 7.50. The monoisotopic (exact) mass is 273 g/mol. The highest BCUT2D eigenvalue weighted by Gasteiger charge is 2.26. The van der Waals surface area contributed by atoms with E-state index in [1.807, 2.05) is 0 Å². The number of para-hydroxylation sites is 1. The van der Waals surface area contributed by atoms with Gasteiger partial charge in [0, 0.05) is 5.69 Å². The van der Waals surface area contributed by atoms with Crippen molar-refractivity contribution in [2.24, 2.45) is 0 Å². The van der Waals surface area contributed by atoms with E-state index >= 15 is 0 Å². The van der Waals surface area contributed by atoms with Gasteiger partial charge in [-0.1, -0.05) is 51.2 Å². The van der Waals surface area contributed by atoms with Gasteiger partial charge in [0.05, 0.1) is 11.2 Å². The third kappa shape index (κ3) is 3.44. The molecule has 0 spiro atoms. The van der Waals surface area contributed by atoms with E-state index in [4.69, 9.17) is 10.7 Å². The number of hydrogen-bond acceptors (Lipinski definition) is 2. The van der Waals surface area contributed by atoms with Crippen LogP contribution >= 0.6 is 21.8 Å². The highest BCUT2D eigenvalue weighted by molar-refractivity contribution is 8.23. The summed E-state index contributed by atoms with van der Waals surface area (Å²) in [4.78, 5) is 0. The molecule has 0 aliphatic rings. The van der Waals surface area contributed by atoms with Gasteiger partial charge in [-0.15, -0.1) is 0 Å². The van der Waals surface area contributed by atoms with Crippen molar-refractivity contribution in [3.8, 4) is 0 Å². The van der Waals surface area contributed by atoms with Crippen LogP contribution in [0.15, 0.2) is 24.3 Å². The quantitative estimate of drug-likeness (QED) is 0.543. The molecule has 0 radical (unpaired) electrons. The summed E-state index contributed by atoms with van der Waals surface area (Å²) in [6.45, 7) is 9.14. The second-order valence-corrected chi connectivity index (χ2v) is 10.9. The van der Waals surface area contributed by atoms with Crippen LogP contribution in [0.4, 0.5) is 5.69 Å². The summed E-state index contributed by atoms with van der Waals surface area (Å²) in [5.74, 6) is 0. The van der Waals surface area contributed by atoms with E-state index in [1.54, 1.807) is 0 Å². The fourth-order valence-electron chi connectivity index (χ4n) is 1.69. The first-order valence-electron chi connectivity index (χ1n) is 5.67. The van der Waals surface area contributed by atoms with Gasteiger partial charge in [0.15, 0.2) is 8.24 Å². The van der Waals surface area contributed by atoms with E-state index in [-0.39, 0.29) is 0 Å². The van der Waals surface area contributed by atoms with Crippen molar-refractivity contribution in [1.82, 2.24) is 0 Å². The van der Waals surface area contributed by atoms with Gasteiger partial charge in [-0.2, -0.15) is 0 Å². The molecule has 1 aromatic carbocycles. The Hall–Kier alpha value is -0.123. The molecule has 1 rings (SSSR count). The van der Waals surface area contributed by atoms with Crippen molar-refractivity contribution < 1.29 is 0 Å². The lowest BCUT2D eigenvalue weighted by atomic mass is 10.1. The van der Waals surface area contributed by atoms with Crippen LogP contribution in [0.3, 0.4) is 0 Å². The Bertz CT molecular complexity index is 338. The minimum absolute atomic E-state index is 1.12. The van der Waals surface area contributed by atoms with Gasteiger partial charge in [0.2, 0.25) is 0 Å². The standard InChI is InChI=1S/C12H20ClNSSi/c1-5-8-11-9-6-7-10-12(11)14(15-13)16(2,3)4/h6-7,9-10H,5,8H2,1-4H3. The Kier molecular flexibility index (Phi) is 5.22. The molecule has 4 heteroatoms.